The number of hydrogen-bond acceptors (Lipinski definition) is 5. The molecule has 9 heteroatoms. The summed E-state index contributed by atoms with van der Waals surface area (Å²) in [7, 11) is 1.69. The second-order valence-corrected chi connectivity index (χ2v) is 9.86. The number of nitrogens with zero attached hydrogens (tertiary/aromatic N) is 2. The molecule has 0 bridgehead atoms. The Kier molecular flexibility index (Phi) is 10.6. The number of nitrogens with one attached hydrogen (secondary N) is 2. The molecule has 0 spiro atoms. The molecule has 0 aliphatic carbocycles. The number of amides is 3. The first-order valence-electron chi connectivity index (χ1n) is 13.0. The third kappa shape index (κ3) is 7.60. The molecule has 202 valence electrons. The number of piperidine rings is 1. The number of halogens is 1. The Hall–Kier alpha value is -2.81. The van der Waals surface area contributed by atoms with Crippen molar-refractivity contribution in [3.8, 4) is 5.75 Å². The van der Waals surface area contributed by atoms with E-state index >= 15 is 0 Å². The van der Waals surface area contributed by atoms with Crippen molar-refractivity contribution in [1.29, 1.82) is 0 Å². The number of fused-ring (bicyclic) bond motifs is 1. The van der Waals surface area contributed by atoms with Crippen LogP contribution in [0.25, 0.3) is 0 Å². The predicted octanol–water partition coefficient (Wildman–Crippen LogP) is 4.88. The van der Waals surface area contributed by atoms with Gasteiger partial charge >= 0.3 is 6.03 Å². The highest BCUT2D eigenvalue weighted by Gasteiger charge is 2.25. The lowest BCUT2D eigenvalue weighted by Crippen LogP contribution is -2.46. The van der Waals surface area contributed by atoms with Gasteiger partial charge in [-0.25, -0.2) is 4.79 Å². The minimum atomic E-state index is -0.148. The van der Waals surface area contributed by atoms with Crippen molar-refractivity contribution in [2.45, 2.75) is 52.2 Å². The van der Waals surface area contributed by atoms with E-state index in [-0.39, 0.29) is 24.3 Å². The lowest BCUT2D eigenvalue weighted by molar-refractivity contribution is -0.194. The van der Waals surface area contributed by atoms with Crippen LogP contribution < -0.4 is 15.5 Å². The van der Waals surface area contributed by atoms with Gasteiger partial charge in [0.2, 0.25) is 0 Å². The lowest BCUT2D eigenvalue weighted by atomic mass is 9.95. The fourth-order valence-electron chi connectivity index (χ4n) is 5.11. The van der Waals surface area contributed by atoms with Crippen LogP contribution in [0.1, 0.15) is 54.6 Å². The summed E-state index contributed by atoms with van der Waals surface area (Å²) in [6.07, 6.45) is 4.11. The molecule has 2 N–H and O–H groups in total. The number of hydrogen-bond donors (Lipinski definition) is 2. The molecule has 2 aliphatic rings. The number of urea groups is 1. The summed E-state index contributed by atoms with van der Waals surface area (Å²) in [5, 5.41) is 5.76. The van der Waals surface area contributed by atoms with E-state index in [0.29, 0.717) is 29.9 Å². The normalized spacial score (nSPS) is 15.9. The topological polar surface area (TPSA) is 83.1 Å². The van der Waals surface area contributed by atoms with Crippen molar-refractivity contribution in [3.63, 3.8) is 0 Å². The molecule has 0 aromatic heterocycles. The van der Waals surface area contributed by atoms with Crippen LogP contribution in [0.2, 0.25) is 0 Å². The minimum Gasteiger partial charge on any atom is -0.341 e. The summed E-state index contributed by atoms with van der Waals surface area (Å²) in [6.45, 7) is 8.62. The molecule has 1 fully saturated rings. The van der Waals surface area contributed by atoms with E-state index in [1.54, 1.807) is 19.2 Å². The Bertz CT molecular complexity index is 1060. The monoisotopic (exact) mass is 530 g/mol. The second kappa shape index (κ2) is 13.7. The van der Waals surface area contributed by atoms with Crippen LogP contribution in [0.15, 0.2) is 42.5 Å². The van der Waals surface area contributed by atoms with Gasteiger partial charge in [0.15, 0.2) is 5.75 Å². The van der Waals surface area contributed by atoms with E-state index in [2.05, 4.69) is 41.5 Å². The first-order chi connectivity index (χ1) is 17.5. The van der Waals surface area contributed by atoms with Gasteiger partial charge in [-0.1, -0.05) is 19.1 Å². The maximum Gasteiger partial charge on any atom is 0.317 e. The van der Waals surface area contributed by atoms with Crippen molar-refractivity contribution in [3.05, 3.63) is 59.2 Å². The van der Waals surface area contributed by atoms with E-state index in [4.69, 9.17) is 9.78 Å². The summed E-state index contributed by atoms with van der Waals surface area (Å²) in [5.74, 6) is 1.12. The average Bonchev–Trinajstić information content (AvgIpc) is 3.36. The molecule has 0 saturated carbocycles. The van der Waals surface area contributed by atoms with E-state index < -0.39 is 0 Å². The molecule has 2 heterocycles. The number of rotatable bonds is 9. The first-order valence-corrected chi connectivity index (χ1v) is 13.0. The molecule has 2 aromatic rings. The molecule has 1 saturated heterocycles. The van der Waals surface area contributed by atoms with Gasteiger partial charge < -0.3 is 25.3 Å². The largest absolute Gasteiger partial charge is 0.341 e. The minimum absolute atomic E-state index is 0. The zero-order valence-electron chi connectivity index (χ0n) is 22.0. The van der Waals surface area contributed by atoms with E-state index in [1.165, 1.54) is 5.56 Å². The highest BCUT2D eigenvalue weighted by Crippen LogP contribution is 2.27. The molecule has 1 atom stereocenters. The Morgan fingerprint density at radius 1 is 1.16 bits per heavy atom. The molecule has 4 rings (SSSR count). The SMILES string of the molecule is CCCN(CC1CCN(C(=O)NC)CC1)C(C)Cc1cccc(NC(=O)c2ccc3c(c2)COO3)c1.Cl. The van der Waals surface area contributed by atoms with Gasteiger partial charge in [-0.3, -0.25) is 4.79 Å². The van der Waals surface area contributed by atoms with Crippen LogP contribution in [0.4, 0.5) is 10.5 Å². The van der Waals surface area contributed by atoms with Crippen molar-refractivity contribution in [1.82, 2.24) is 15.1 Å². The lowest BCUT2D eigenvalue weighted by Gasteiger charge is -2.37. The van der Waals surface area contributed by atoms with Crippen LogP contribution in [-0.4, -0.2) is 61.0 Å². The standard InChI is InChI=1S/C28H38N4O4.ClH/c1-4-12-32(18-21-10-13-31(14-11-21)28(34)29-3)20(2)15-22-6-5-7-25(16-22)30-27(33)23-8-9-26-24(17-23)19-35-36-26;/h5-9,16-17,20-21H,4,10-15,18-19H2,1-3H3,(H,29,34)(H,30,33);1H. The second-order valence-electron chi connectivity index (χ2n) is 9.86. The van der Waals surface area contributed by atoms with Crippen LogP contribution in [-0.2, 0) is 17.9 Å². The van der Waals surface area contributed by atoms with Gasteiger partial charge in [0, 0.05) is 49.5 Å². The summed E-state index contributed by atoms with van der Waals surface area (Å²) in [5.41, 5.74) is 3.45. The maximum absolute atomic E-state index is 12.8. The Balaban J connectivity index is 0.00000380. The Labute approximate surface area is 226 Å². The summed E-state index contributed by atoms with van der Waals surface area (Å²) >= 11 is 0. The predicted molar refractivity (Wildman–Crippen MR) is 147 cm³/mol. The first kappa shape index (κ1) is 28.8. The highest BCUT2D eigenvalue weighted by atomic mass is 35.5. The average molecular weight is 531 g/mol. The van der Waals surface area contributed by atoms with Crippen LogP contribution in [0.5, 0.6) is 5.75 Å². The molecular formula is C28H39ClN4O4. The Morgan fingerprint density at radius 3 is 2.68 bits per heavy atom. The van der Waals surface area contributed by atoms with Gasteiger partial charge in [-0.05, 0) is 81.0 Å². The maximum atomic E-state index is 12.8. The molecule has 3 amide bonds. The third-order valence-corrected chi connectivity index (χ3v) is 7.14. The summed E-state index contributed by atoms with van der Waals surface area (Å²) in [4.78, 5) is 39.2. The molecule has 2 aromatic carbocycles. The van der Waals surface area contributed by atoms with Crippen molar-refractivity contribution in [2.75, 3.05) is 38.5 Å². The molecule has 2 aliphatic heterocycles. The van der Waals surface area contributed by atoms with Crippen LogP contribution >= 0.6 is 12.4 Å². The molecule has 8 nitrogen and oxygen atoms in total. The van der Waals surface area contributed by atoms with Crippen molar-refractivity contribution in [2.24, 2.45) is 5.92 Å². The Morgan fingerprint density at radius 2 is 1.95 bits per heavy atom. The smallest absolute Gasteiger partial charge is 0.317 e. The molecule has 37 heavy (non-hydrogen) atoms. The van der Waals surface area contributed by atoms with Crippen molar-refractivity contribution < 1.29 is 19.4 Å². The number of carbonyl (C=O) groups excluding carboxylic acids is 2. The van der Waals surface area contributed by atoms with E-state index in [1.807, 2.05) is 23.1 Å². The molecule has 1 unspecified atom stereocenters. The van der Waals surface area contributed by atoms with Gasteiger partial charge in [0.1, 0.15) is 6.61 Å². The number of benzene rings is 2. The number of carbonyl (C=O) groups is 2. The summed E-state index contributed by atoms with van der Waals surface area (Å²) in [6, 6.07) is 13.9. The molecule has 0 radical (unpaired) electrons. The number of likely N-dealkylation sites (tertiary alicyclic amines) is 1. The number of anilines is 1. The van der Waals surface area contributed by atoms with E-state index in [0.717, 1.165) is 63.1 Å². The zero-order valence-corrected chi connectivity index (χ0v) is 22.8. The van der Waals surface area contributed by atoms with Gasteiger partial charge in [-0.2, -0.15) is 4.89 Å². The van der Waals surface area contributed by atoms with E-state index in [9.17, 15) is 9.59 Å². The van der Waals surface area contributed by atoms with Gasteiger partial charge in [0.25, 0.3) is 5.91 Å². The molecular weight excluding hydrogens is 492 g/mol. The zero-order chi connectivity index (χ0) is 25.5. The van der Waals surface area contributed by atoms with Gasteiger partial charge in [-0.15, -0.1) is 12.4 Å². The third-order valence-electron chi connectivity index (χ3n) is 7.14. The van der Waals surface area contributed by atoms with Crippen LogP contribution in [0.3, 0.4) is 0 Å². The summed E-state index contributed by atoms with van der Waals surface area (Å²) < 4.78 is 0. The van der Waals surface area contributed by atoms with Gasteiger partial charge in [0.05, 0.1) is 0 Å². The highest BCUT2D eigenvalue weighted by molar-refractivity contribution is 6.04. The quantitative estimate of drug-likeness (QED) is 0.451. The fourth-order valence-corrected chi connectivity index (χ4v) is 5.11. The fraction of sp³-hybridized carbons (Fsp3) is 0.500. The van der Waals surface area contributed by atoms with Crippen LogP contribution in [0, 0.1) is 5.92 Å². The van der Waals surface area contributed by atoms with Crippen molar-refractivity contribution >= 4 is 30.0 Å².